The van der Waals surface area contributed by atoms with Crippen LogP contribution in [-0.4, -0.2) is 24.6 Å². The lowest BCUT2D eigenvalue weighted by Crippen LogP contribution is -2.24. The van der Waals surface area contributed by atoms with Crippen molar-refractivity contribution in [3.63, 3.8) is 0 Å². The summed E-state index contributed by atoms with van der Waals surface area (Å²) in [6.07, 6.45) is 5.40. The lowest BCUT2D eigenvalue weighted by atomic mass is 9.88. The highest BCUT2D eigenvalue weighted by Gasteiger charge is 2.21. The summed E-state index contributed by atoms with van der Waals surface area (Å²) in [5.41, 5.74) is 5.07. The number of methoxy groups -OCH3 is 1. The summed E-state index contributed by atoms with van der Waals surface area (Å²) < 4.78 is 5.20. The first-order valence-electron chi connectivity index (χ1n) is 10.1. The Morgan fingerprint density at radius 1 is 1.07 bits per heavy atom. The van der Waals surface area contributed by atoms with E-state index in [4.69, 9.17) is 16.3 Å². The largest absolute Gasteiger partial charge is 0.496 e. The lowest BCUT2D eigenvalue weighted by molar-refractivity contribution is -0.120. The Morgan fingerprint density at radius 2 is 1.77 bits per heavy atom. The summed E-state index contributed by atoms with van der Waals surface area (Å²) in [7, 11) is 1.49. The Balaban J connectivity index is 1.61. The van der Waals surface area contributed by atoms with E-state index in [2.05, 4.69) is 15.8 Å². The zero-order valence-electron chi connectivity index (χ0n) is 17.2. The fourth-order valence-corrected chi connectivity index (χ4v) is 3.69. The number of halogens is 1. The summed E-state index contributed by atoms with van der Waals surface area (Å²) in [4.78, 5) is 24.8. The molecule has 2 aromatic carbocycles. The van der Waals surface area contributed by atoms with Crippen molar-refractivity contribution in [2.24, 2.45) is 11.0 Å². The van der Waals surface area contributed by atoms with Crippen LogP contribution in [0.5, 0.6) is 5.75 Å². The average molecular weight is 428 g/mol. The molecule has 0 saturated heterocycles. The molecular weight excluding hydrogens is 402 g/mol. The van der Waals surface area contributed by atoms with Gasteiger partial charge in [0, 0.05) is 16.6 Å². The number of nitrogens with one attached hydrogen (secondary N) is 2. The van der Waals surface area contributed by atoms with Gasteiger partial charge in [-0.3, -0.25) is 9.59 Å². The van der Waals surface area contributed by atoms with E-state index in [1.165, 1.54) is 19.6 Å². The number of amides is 2. The summed E-state index contributed by atoms with van der Waals surface area (Å²) in [6, 6.07) is 12.2. The van der Waals surface area contributed by atoms with Gasteiger partial charge < -0.3 is 10.1 Å². The molecule has 7 heteroatoms. The molecule has 2 aromatic rings. The highest BCUT2D eigenvalue weighted by molar-refractivity contribution is 6.31. The van der Waals surface area contributed by atoms with Gasteiger partial charge in [-0.1, -0.05) is 43.0 Å². The minimum atomic E-state index is -0.412. The van der Waals surface area contributed by atoms with E-state index in [-0.39, 0.29) is 11.8 Å². The third kappa shape index (κ3) is 5.60. The molecule has 0 unspecified atom stereocenters. The van der Waals surface area contributed by atoms with Gasteiger partial charge >= 0.3 is 0 Å². The second kappa shape index (κ2) is 10.3. The molecular formula is C23H26ClN3O3. The van der Waals surface area contributed by atoms with Gasteiger partial charge in [0.2, 0.25) is 5.91 Å². The molecule has 0 atom stereocenters. The van der Waals surface area contributed by atoms with Crippen LogP contribution in [0.4, 0.5) is 5.69 Å². The minimum absolute atomic E-state index is 0.0931. The van der Waals surface area contributed by atoms with Crippen LogP contribution < -0.4 is 15.5 Å². The fraction of sp³-hybridized carbons (Fsp3) is 0.348. The summed E-state index contributed by atoms with van der Waals surface area (Å²) in [5, 5.41) is 7.60. The molecule has 3 rings (SSSR count). The maximum Gasteiger partial charge on any atom is 0.275 e. The van der Waals surface area contributed by atoms with Gasteiger partial charge in [0.1, 0.15) is 5.75 Å². The number of nitrogens with zero attached hydrogens (tertiary/aromatic N) is 1. The van der Waals surface area contributed by atoms with Crippen molar-refractivity contribution in [1.82, 2.24) is 5.43 Å². The lowest BCUT2D eigenvalue weighted by Gasteiger charge is -2.20. The smallest absolute Gasteiger partial charge is 0.275 e. The normalized spacial score (nSPS) is 14.8. The number of hydrazone groups is 1. The molecule has 2 N–H and O–H groups in total. The Hall–Kier alpha value is -2.86. The first kappa shape index (κ1) is 21.8. The number of hydrogen-bond donors (Lipinski definition) is 2. The summed E-state index contributed by atoms with van der Waals surface area (Å²) in [6.45, 7) is 1.80. The predicted octanol–water partition coefficient (Wildman–Crippen LogP) is 5.02. The molecule has 0 radical (unpaired) electrons. The van der Waals surface area contributed by atoms with E-state index in [1.54, 1.807) is 19.1 Å². The molecule has 30 heavy (non-hydrogen) atoms. The van der Waals surface area contributed by atoms with Crippen molar-refractivity contribution in [1.29, 1.82) is 0 Å². The second-order valence-electron chi connectivity index (χ2n) is 7.38. The average Bonchev–Trinajstić information content (AvgIpc) is 2.78. The molecule has 0 bridgehead atoms. The number of benzene rings is 2. The number of carbonyl (C=O) groups is 2. The SMILES string of the molecule is COc1ccc(Cl)cc1C(=O)N/N=C(\C)c1ccc(NC(=O)C2CCCCC2)cc1. The molecule has 1 saturated carbocycles. The maximum absolute atomic E-state index is 12.4. The molecule has 0 heterocycles. The van der Waals surface area contributed by atoms with Crippen LogP contribution in [0.15, 0.2) is 47.6 Å². The minimum Gasteiger partial charge on any atom is -0.496 e. The van der Waals surface area contributed by atoms with Crippen LogP contribution in [0.3, 0.4) is 0 Å². The molecule has 1 aliphatic carbocycles. The zero-order chi connectivity index (χ0) is 21.5. The van der Waals surface area contributed by atoms with Gasteiger partial charge in [0.25, 0.3) is 5.91 Å². The Kier molecular flexibility index (Phi) is 7.46. The van der Waals surface area contributed by atoms with Crippen molar-refractivity contribution in [2.75, 3.05) is 12.4 Å². The van der Waals surface area contributed by atoms with Gasteiger partial charge in [0.15, 0.2) is 0 Å². The quantitative estimate of drug-likeness (QED) is 0.501. The van der Waals surface area contributed by atoms with Crippen molar-refractivity contribution in [3.8, 4) is 5.75 Å². The van der Waals surface area contributed by atoms with E-state index in [9.17, 15) is 9.59 Å². The third-order valence-corrected chi connectivity index (χ3v) is 5.51. The van der Waals surface area contributed by atoms with Crippen molar-refractivity contribution < 1.29 is 14.3 Å². The number of carbonyl (C=O) groups excluding carboxylic acids is 2. The maximum atomic E-state index is 12.4. The van der Waals surface area contributed by atoms with Crippen LogP contribution in [0.2, 0.25) is 5.02 Å². The second-order valence-corrected chi connectivity index (χ2v) is 7.82. The van der Waals surface area contributed by atoms with E-state index in [0.717, 1.165) is 36.9 Å². The van der Waals surface area contributed by atoms with Crippen LogP contribution in [0.25, 0.3) is 0 Å². The number of rotatable bonds is 6. The molecule has 0 spiro atoms. The van der Waals surface area contributed by atoms with Crippen LogP contribution in [0.1, 0.15) is 54.9 Å². The van der Waals surface area contributed by atoms with Gasteiger partial charge in [0.05, 0.1) is 18.4 Å². The summed E-state index contributed by atoms with van der Waals surface area (Å²) in [5.74, 6) is 0.212. The van der Waals surface area contributed by atoms with Gasteiger partial charge in [-0.15, -0.1) is 0 Å². The molecule has 6 nitrogen and oxygen atoms in total. The first-order chi connectivity index (χ1) is 14.5. The van der Waals surface area contributed by atoms with Gasteiger partial charge in [-0.05, 0) is 55.7 Å². The van der Waals surface area contributed by atoms with Crippen LogP contribution >= 0.6 is 11.6 Å². The fourth-order valence-electron chi connectivity index (χ4n) is 3.52. The predicted molar refractivity (Wildman–Crippen MR) is 119 cm³/mol. The number of ether oxygens (including phenoxy) is 1. The molecule has 158 valence electrons. The molecule has 0 aliphatic heterocycles. The molecule has 0 aromatic heterocycles. The Morgan fingerprint density at radius 3 is 2.43 bits per heavy atom. The highest BCUT2D eigenvalue weighted by atomic mass is 35.5. The van der Waals surface area contributed by atoms with Crippen molar-refractivity contribution in [2.45, 2.75) is 39.0 Å². The monoisotopic (exact) mass is 427 g/mol. The molecule has 1 fully saturated rings. The topological polar surface area (TPSA) is 79.8 Å². The Labute approximate surface area is 181 Å². The van der Waals surface area contributed by atoms with E-state index < -0.39 is 5.91 Å². The standard InChI is InChI=1S/C23H26ClN3O3/c1-15(26-27-23(29)20-14-18(24)10-13-21(20)30-2)16-8-11-19(12-9-16)25-22(28)17-6-4-3-5-7-17/h8-14,17H,3-7H2,1-2H3,(H,25,28)(H,27,29)/b26-15+. The van der Waals surface area contributed by atoms with Gasteiger partial charge in [-0.2, -0.15) is 5.10 Å². The van der Waals surface area contributed by atoms with Crippen molar-refractivity contribution in [3.05, 3.63) is 58.6 Å². The van der Waals surface area contributed by atoms with Crippen LogP contribution in [-0.2, 0) is 4.79 Å². The number of hydrogen-bond acceptors (Lipinski definition) is 4. The highest BCUT2D eigenvalue weighted by Crippen LogP contribution is 2.25. The van der Waals surface area contributed by atoms with Crippen molar-refractivity contribution >= 4 is 34.8 Å². The van der Waals surface area contributed by atoms with E-state index in [0.29, 0.717) is 22.0 Å². The van der Waals surface area contributed by atoms with E-state index in [1.807, 2.05) is 24.3 Å². The van der Waals surface area contributed by atoms with E-state index >= 15 is 0 Å². The molecule has 1 aliphatic rings. The summed E-state index contributed by atoms with van der Waals surface area (Å²) >= 11 is 5.98. The first-order valence-corrected chi connectivity index (χ1v) is 10.4. The van der Waals surface area contributed by atoms with Gasteiger partial charge in [-0.25, -0.2) is 5.43 Å². The molecule has 2 amide bonds. The number of anilines is 1. The van der Waals surface area contributed by atoms with Crippen LogP contribution in [0, 0.1) is 5.92 Å². The Bertz CT molecular complexity index is 935. The zero-order valence-corrected chi connectivity index (χ0v) is 18.0. The third-order valence-electron chi connectivity index (χ3n) is 5.28.